The van der Waals surface area contributed by atoms with Crippen LogP contribution >= 0.6 is 11.6 Å². The molecular formula is C31H37ClN4O. The normalized spacial score (nSPS) is 14.9. The average molecular weight is 517 g/mol. The van der Waals surface area contributed by atoms with Crippen LogP contribution in [0.4, 0.5) is 0 Å². The zero-order chi connectivity index (χ0) is 25.5. The highest BCUT2D eigenvalue weighted by molar-refractivity contribution is 6.30. The van der Waals surface area contributed by atoms with Crippen molar-refractivity contribution in [2.24, 2.45) is 0 Å². The minimum atomic E-state index is 0.445. The SMILES string of the molecule is Cc1cccc2c1nc(COc1ccc(Cl)cc1)n2CCCCN1CCN(CCc2ccccc2)CC1. The molecule has 194 valence electrons. The molecule has 0 aliphatic carbocycles. The molecule has 0 saturated carbocycles. The van der Waals surface area contributed by atoms with Crippen molar-refractivity contribution in [3.05, 3.63) is 94.8 Å². The molecule has 6 heteroatoms. The van der Waals surface area contributed by atoms with Gasteiger partial charge in [0.1, 0.15) is 18.2 Å². The number of para-hydroxylation sites is 1. The molecule has 2 heterocycles. The van der Waals surface area contributed by atoms with E-state index >= 15 is 0 Å². The zero-order valence-electron chi connectivity index (χ0n) is 21.8. The van der Waals surface area contributed by atoms with Crippen LogP contribution < -0.4 is 4.74 Å². The van der Waals surface area contributed by atoms with Crippen molar-refractivity contribution in [1.82, 2.24) is 19.4 Å². The summed E-state index contributed by atoms with van der Waals surface area (Å²) < 4.78 is 8.41. The summed E-state index contributed by atoms with van der Waals surface area (Å²) in [5.74, 6) is 1.79. The number of unbranched alkanes of at least 4 members (excludes halogenated alkanes) is 1. The third-order valence-corrected chi connectivity index (χ3v) is 7.62. The Hall–Kier alpha value is -2.86. The number of hydrogen-bond acceptors (Lipinski definition) is 4. The summed E-state index contributed by atoms with van der Waals surface area (Å²) in [5.41, 5.74) is 4.91. The van der Waals surface area contributed by atoms with Gasteiger partial charge in [0.2, 0.25) is 0 Å². The lowest BCUT2D eigenvalue weighted by Crippen LogP contribution is -2.47. The second-order valence-corrected chi connectivity index (χ2v) is 10.4. The first-order valence-electron chi connectivity index (χ1n) is 13.5. The molecule has 0 radical (unpaired) electrons. The Labute approximate surface area is 225 Å². The van der Waals surface area contributed by atoms with Gasteiger partial charge in [-0.3, -0.25) is 0 Å². The molecule has 0 atom stereocenters. The van der Waals surface area contributed by atoms with Gasteiger partial charge in [0, 0.05) is 44.3 Å². The van der Waals surface area contributed by atoms with Crippen molar-refractivity contribution >= 4 is 22.6 Å². The minimum Gasteiger partial charge on any atom is -0.486 e. The van der Waals surface area contributed by atoms with Crippen LogP contribution in [0, 0.1) is 6.92 Å². The van der Waals surface area contributed by atoms with Crippen LogP contribution in [0.1, 0.15) is 29.8 Å². The van der Waals surface area contributed by atoms with E-state index < -0.39 is 0 Å². The Morgan fingerprint density at radius 2 is 1.49 bits per heavy atom. The number of aryl methyl sites for hydroxylation is 2. The number of nitrogens with zero attached hydrogens (tertiary/aromatic N) is 4. The lowest BCUT2D eigenvalue weighted by molar-refractivity contribution is 0.131. The topological polar surface area (TPSA) is 33.5 Å². The van der Waals surface area contributed by atoms with E-state index in [4.69, 9.17) is 21.3 Å². The largest absolute Gasteiger partial charge is 0.486 e. The van der Waals surface area contributed by atoms with E-state index in [1.54, 1.807) is 0 Å². The number of fused-ring (bicyclic) bond motifs is 1. The summed E-state index contributed by atoms with van der Waals surface area (Å²) in [6.07, 6.45) is 3.46. The van der Waals surface area contributed by atoms with Gasteiger partial charge in [0.05, 0.1) is 11.0 Å². The van der Waals surface area contributed by atoms with Crippen LogP contribution in [0.3, 0.4) is 0 Å². The summed E-state index contributed by atoms with van der Waals surface area (Å²) in [5, 5.41) is 0.712. The quantitative estimate of drug-likeness (QED) is 0.222. The van der Waals surface area contributed by atoms with Gasteiger partial charge in [-0.25, -0.2) is 4.98 Å². The molecule has 5 rings (SSSR count). The Balaban J connectivity index is 1.11. The highest BCUT2D eigenvalue weighted by atomic mass is 35.5. The summed E-state index contributed by atoms with van der Waals surface area (Å²) in [6.45, 7) is 10.5. The molecule has 0 N–H and O–H groups in total. The molecule has 0 amide bonds. The van der Waals surface area contributed by atoms with E-state index in [2.05, 4.69) is 69.8 Å². The van der Waals surface area contributed by atoms with Gasteiger partial charge in [-0.2, -0.15) is 0 Å². The summed E-state index contributed by atoms with van der Waals surface area (Å²) in [6, 6.07) is 24.8. The molecule has 1 saturated heterocycles. The standard InChI is InChI=1S/C31H37ClN4O/c1-25-8-7-11-29-31(25)33-30(24-37-28-14-12-27(32)13-15-28)36(29)18-6-5-17-34-20-22-35(23-21-34)19-16-26-9-3-2-4-10-26/h2-4,7-15H,5-6,16-24H2,1H3. The lowest BCUT2D eigenvalue weighted by Gasteiger charge is -2.34. The number of halogens is 1. The van der Waals surface area contributed by atoms with Gasteiger partial charge in [-0.05, 0) is 74.2 Å². The Morgan fingerprint density at radius 3 is 2.24 bits per heavy atom. The van der Waals surface area contributed by atoms with E-state index in [1.165, 1.54) is 49.2 Å². The van der Waals surface area contributed by atoms with Gasteiger partial charge in [0.25, 0.3) is 0 Å². The number of ether oxygens (including phenoxy) is 1. The number of rotatable bonds is 11. The predicted octanol–water partition coefficient (Wildman–Crippen LogP) is 6.22. The molecule has 5 nitrogen and oxygen atoms in total. The third kappa shape index (κ3) is 6.92. The molecule has 1 aromatic heterocycles. The van der Waals surface area contributed by atoms with Crippen LogP contribution in [0.25, 0.3) is 11.0 Å². The van der Waals surface area contributed by atoms with Crippen molar-refractivity contribution in [2.75, 3.05) is 39.3 Å². The van der Waals surface area contributed by atoms with Crippen molar-refractivity contribution in [3.63, 3.8) is 0 Å². The Morgan fingerprint density at radius 1 is 0.784 bits per heavy atom. The first-order chi connectivity index (χ1) is 18.2. The third-order valence-electron chi connectivity index (χ3n) is 7.37. The molecule has 0 unspecified atom stereocenters. The monoisotopic (exact) mass is 516 g/mol. The molecular weight excluding hydrogens is 480 g/mol. The van der Waals surface area contributed by atoms with Crippen LogP contribution in [-0.4, -0.2) is 58.6 Å². The molecule has 0 spiro atoms. The van der Waals surface area contributed by atoms with Gasteiger partial charge in [-0.1, -0.05) is 54.1 Å². The number of hydrogen-bond donors (Lipinski definition) is 0. The maximum Gasteiger partial charge on any atom is 0.148 e. The molecule has 3 aromatic carbocycles. The number of imidazole rings is 1. The maximum atomic E-state index is 6.06. The first-order valence-corrected chi connectivity index (χ1v) is 13.9. The van der Waals surface area contributed by atoms with E-state index in [0.717, 1.165) is 49.6 Å². The van der Waals surface area contributed by atoms with Crippen molar-refractivity contribution < 1.29 is 4.74 Å². The van der Waals surface area contributed by atoms with Crippen molar-refractivity contribution in [1.29, 1.82) is 0 Å². The predicted molar refractivity (Wildman–Crippen MR) is 153 cm³/mol. The van der Waals surface area contributed by atoms with Gasteiger partial charge in [-0.15, -0.1) is 0 Å². The molecule has 0 bridgehead atoms. The fourth-order valence-corrected chi connectivity index (χ4v) is 5.27. The fraction of sp³-hybridized carbons (Fsp3) is 0.387. The van der Waals surface area contributed by atoms with Crippen LogP contribution in [0.15, 0.2) is 72.8 Å². The fourth-order valence-electron chi connectivity index (χ4n) is 5.15. The Kier molecular flexibility index (Phi) is 8.77. The minimum absolute atomic E-state index is 0.445. The second kappa shape index (κ2) is 12.6. The van der Waals surface area contributed by atoms with Crippen molar-refractivity contribution in [3.8, 4) is 5.75 Å². The van der Waals surface area contributed by atoms with Crippen LogP contribution in [0.2, 0.25) is 5.02 Å². The molecule has 4 aromatic rings. The maximum absolute atomic E-state index is 6.06. The van der Waals surface area contributed by atoms with E-state index in [0.29, 0.717) is 11.6 Å². The second-order valence-electron chi connectivity index (χ2n) is 9.99. The molecule has 1 aliphatic rings. The summed E-state index contributed by atoms with van der Waals surface area (Å²) in [7, 11) is 0. The highest BCUT2D eigenvalue weighted by Crippen LogP contribution is 2.23. The number of aromatic nitrogens is 2. The van der Waals surface area contributed by atoms with Gasteiger partial charge < -0.3 is 19.1 Å². The van der Waals surface area contributed by atoms with E-state index in [-0.39, 0.29) is 0 Å². The Bertz CT molecular complexity index is 1260. The molecule has 37 heavy (non-hydrogen) atoms. The number of piperazine rings is 1. The molecule has 1 aliphatic heterocycles. The number of benzene rings is 3. The average Bonchev–Trinajstić information content (AvgIpc) is 3.29. The van der Waals surface area contributed by atoms with Crippen LogP contribution in [0.5, 0.6) is 5.75 Å². The van der Waals surface area contributed by atoms with Crippen molar-refractivity contribution in [2.45, 2.75) is 39.3 Å². The smallest absolute Gasteiger partial charge is 0.148 e. The van der Waals surface area contributed by atoms with E-state index in [1.807, 2.05) is 24.3 Å². The molecule has 1 fully saturated rings. The summed E-state index contributed by atoms with van der Waals surface area (Å²) >= 11 is 6.02. The lowest BCUT2D eigenvalue weighted by atomic mass is 10.1. The van der Waals surface area contributed by atoms with Gasteiger partial charge >= 0.3 is 0 Å². The zero-order valence-corrected chi connectivity index (χ0v) is 22.5. The van der Waals surface area contributed by atoms with Crippen LogP contribution in [-0.2, 0) is 19.6 Å². The first kappa shape index (κ1) is 25.8. The highest BCUT2D eigenvalue weighted by Gasteiger charge is 2.17. The summed E-state index contributed by atoms with van der Waals surface area (Å²) in [4.78, 5) is 10.2. The van der Waals surface area contributed by atoms with E-state index in [9.17, 15) is 0 Å². The van der Waals surface area contributed by atoms with Gasteiger partial charge in [0.15, 0.2) is 0 Å².